The number of hydrogen-bond donors (Lipinski definition) is 2. The lowest BCUT2D eigenvalue weighted by atomic mass is 9.97. The van der Waals surface area contributed by atoms with Crippen LogP contribution in [0.15, 0.2) is 18.2 Å². The van der Waals surface area contributed by atoms with Gasteiger partial charge in [-0.1, -0.05) is 13.0 Å². The van der Waals surface area contributed by atoms with Crippen molar-refractivity contribution < 1.29 is 14.7 Å². The number of amides is 1. The van der Waals surface area contributed by atoms with Gasteiger partial charge < -0.3 is 15.3 Å². The molecule has 2 rings (SSSR count). The molecule has 0 radical (unpaired) electrons. The van der Waals surface area contributed by atoms with Gasteiger partial charge in [-0.15, -0.1) is 0 Å². The number of hydrogen-bond acceptors (Lipinski definition) is 3. The van der Waals surface area contributed by atoms with Crippen molar-refractivity contribution in [2.45, 2.75) is 26.3 Å². The molecule has 0 aromatic heterocycles. The molecule has 5 heteroatoms. The van der Waals surface area contributed by atoms with Gasteiger partial charge >= 0.3 is 5.97 Å². The molecule has 1 amide bonds. The average Bonchev–Trinajstić information content (AvgIpc) is 2.46. The van der Waals surface area contributed by atoms with Crippen LogP contribution in [0, 0.1) is 0 Å². The number of carbonyl (C=O) groups is 2. The van der Waals surface area contributed by atoms with E-state index >= 15 is 0 Å². The molecule has 0 unspecified atom stereocenters. The Morgan fingerprint density at radius 3 is 2.85 bits per heavy atom. The van der Waals surface area contributed by atoms with Gasteiger partial charge in [-0.05, 0) is 42.6 Å². The zero-order chi connectivity index (χ0) is 14.5. The lowest BCUT2D eigenvalue weighted by Gasteiger charge is -2.29. The molecule has 1 aliphatic heterocycles. The summed E-state index contributed by atoms with van der Waals surface area (Å²) in [7, 11) is 0. The second kappa shape index (κ2) is 6.52. The van der Waals surface area contributed by atoms with Crippen LogP contribution in [0.25, 0.3) is 0 Å². The van der Waals surface area contributed by atoms with Crippen LogP contribution in [-0.4, -0.2) is 41.5 Å². The number of carbonyl (C=O) groups excluding carboxylic acids is 1. The van der Waals surface area contributed by atoms with Gasteiger partial charge in [-0.2, -0.15) is 0 Å². The topological polar surface area (TPSA) is 69.6 Å². The zero-order valence-electron chi connectivity index (χ0n) is 11.7. The molecule has 1 aromatic carbocycles. The van der Waals surface area contributed by atoms with Crippen molar-refractivity contribution in [2.75, 3.05) is 19.6 Å². The van der Waals surface area contributed by atoms with Gasteiger partial charge in [-0.3, -0.25) is 4.79 Å². The van der Waals surface area contributed by atoms with E-state index in [1.165, 1.54) is 0 Å². The van der Waals surface area contributed by atoms with Gasteiger partial charge in [0.2, 0.25) is 5.91 Å². The highest BCUT2D eigenvalue weighted by Crippen LogP contribution is 2.20. The van der Waals surface area contributed by atoms with Crippen LogP contribution in [0.3, 0.4) is 0 Å². The van der Waals surface area contributed by atoms with E-state index in [0.29, 0.717) is 19.6 Å². The first-order chi connectivity index (χ1) is 9.61. The maximum Gasteiger partial charge on any atom is 0.335 e. The summed E-state index contributed by atoms with van der Waals surface area (Å²) >= 11 is 0. The fraction of sp³-hybridized carbons (Fsp3) is 0.467. The summed E-state index contributed by atoms with van der Waals surface area (Å²) in [6.07, 6.45) is 1.78. The van der Waals surface area contributed by atoms with Crippen LogP contribution >= 0.6 is 0 Å². The normalized spacial score (nSPS) is 13.9. The number of benzene rings is 1. The van der Waals surface area contributed by atoms with Gasteiger partial charge in [0.05, 0.1) is 12.1 Å². The maximum atomic E-state index is 12.0. The van der Waals surface area contributed by atoms with Gasteiger partial charge in [0.1, 0.15) is 0 Å². The molecule has 2 N–H and O–H groups in total. The van der Waals surface area contributed by atoms with Crippen molar-refractivity contribution in [1.29, 1.82) is 0 Å². The maximum absolute atomic E-state index is 12.0. The Hall–Kier alpha value is -1.88. The molecule has 1 aromatic rings. The van der Waals surface area contributed by atoms with E-state index in [1.807, 2.05) is 6.07 Å². The van der Waals surface area contributed by atoms with Crippen LogP contribution in [-0.2, 0) is 17.8 Å². The van der Waals surface area contributed by atoms with Gasteiger partial charge in [0.15, 0.2) is 0 Å². The Morgan fingerprint density at radius 1 is 1.35 bits per heavy atom. The highest BCUT2D eigenvalue weighted by atomic mass is 16.4. The van der Waals surface area contributed by atoms with Crippen molar-refractivity contribution in [2.24, 2.45) is 0 Å². The standard InChI is InChI=1S/C15H20N2O3/c1-2-6-16-9-14(18)17-7-5-11-3-4-12(15(19)20)8-13(11)10-17/h3-4,8,16H,2,5-7,9-10H2,1H3,(H,19,20). The molecule has 1 aliphatic rings. The second-order valence-corrected chi connectivity index (χ2v) is 5.03. The molecule has 0 atom stereocenters. The van der Waals surface area contributed by atoms with Crippen LogP contribution in [0.4, 0.5) is 0 Å². The highest BCUT2D eigenvalue weighted by molar-refractivity contribution is 5.88. The molecule has 0 fully saturated rings. The third-order valence-corrected chi connectivity index (χ3v) is 3.52. The monoisotopic (exact) mass is 276 g/mol. The summed E-state index contributed by atoms with van der Waals surface area (Å²) in [4.78, 5) is 24.8. The molecule has 0 saturated heterocycles. The predicted molar refractivity (Wildman–Crippen MR) is 75.7 cm³/mol. The summed E-state index contributed by atoms with van der Waals surface area (Å²) in [5.74, 6) is -0.856. The Balaban J connectivity index is 2.03. The van der Waals surface area contributed by atoms with E-state index in [9.17, 15) is 9.59 Å². The molecule has 1 heterocycles. The van der Waals surface area contributed by atoms with Gasteiger partial charge in [-0.25, -0.2) is 4.79 Å². The number of nitrogens with one attached hydrogen (secondary N) is 1. The summed E-state index contributed by atoms with van der Waals surface area (Å²) in [6, 6.07) is 5.16. The Kier molecular flexibility index (Phi) is 4.74. The lowest BCUT2D eigenvalue weighted by molar-refractivity contribution is -0.131. The van der Waals surface area contributed by atoms with Crippen molar-refractivity contribution in [3.8, 4) is 0 Å². The van der Waals surface area contributed by atoms with Crippen molar-refractivity contribution >= 4 is 11.9 Å². The molecule has 5 nitrogen and oxygen atoms in total. The second-order valence-electron chi connectivity index (χ2n) is 5.03. The van der Waals surface area contributed by atoms with Gasteiger partial charge in [0.25, 0.3) is 0 Å². The van der Waals surface area contributed by atoms with Crippen LogP contribution in [0.2, 0.25) is 0 Å². The minimum absolute atomic E-state index is 0.0739. The fourth-order valence-corrected chi connectivity index (χ4v) is 2.39. The first-order valence-electron chi connectivity index (χ1n) is 6.95. The fourth-order valence-electron chi connectivity index (χ4n) is 2.39. The minimum Gasteiger partial charge on any atom is -0.478 e. The summed E-state index contributed by atoms with van der Waals surface area (Å²) in [6.45, 7) is 4.44. The Bertz CT molecular complexity index is 514. The Morgan fingerprint density at radius 2 is 2.15 bits per heavy atom. The van der Waals surface area contributed by atoms with Crippen LogP contribution < -0.4 is 5.32 Å². The quantitative estimate of drug-likeness (QED) is 0.795. The lowest BCUT2D eigenvalue weighted by Crippen LogP contribution is -2.41. The van der Waals surface area contributed by atoms with Crippen molar-refractivity contribution in [3.63, 3.8) is 0 Å². The number of carboxylic acids is 1. The van der Waals surface area contributed by atoms with E-state index < -0.39 is 5.97 Å². The minimum atomic E-state index is -0.930. The SMILES string of the molecule is CCCNCC(=O)N1CCc2ccc(C(=O)O)cc2C1. The smallest absolute Gasteiger partial charge is 0.335 e. The molecular weight excluding hydrogens is 256 g/mol. The summed E-state index contributed by atoms with van der Waals surface area (Å²) in [5, 5.41) is 12.1. The van der Waals surface area contributed by atoms with Gasteiger partial charge in [0, 0.05) is 13.1 Å². The third kappa shape index (κ3) is 3.36. The number of rotatable bonds is 5. The average molecular weight is 276 g/mol. The summed E-state index contributed by atoms with van der Waals surface area (Å²) < 4.78 is 0. The molecule has 0 aliphatic carbocycles. The van der Waals surface area contributed by atoms with E-state index in [4.69, 9.17) is 5.11 Å². The largest absolute Gasteiger partial charge is 0.478 e. The number of aromatic carboxylic acids is 1. The number of fused-ring (bicyclic) bond motifs is 1. The van der Waals surface area contributed by atoms with Crippen LogP contribution in [0.5, 0.6) is 0 Å². The highest BCUT2D eigenvalue weighted by Gasteiger charge is 2.21. The zero-order valence-corrected chi connectivity index (χ0v) is 11.7. The van der Waals surface area contributed by atoms with Crippen molar-refractivity contribution in [1.82, 2.24) is 10.2 Å². The predicted octanol–water partition coefficient (Wildman–Crippen LogP) is 1.27. The van der Waals surface area contributed by atoms with E-state index in [2.05, 4.69) is 12.2 Å². The molecule has 0 saturated carbocycles. The van der Waals surface area contributed by atoms with Crippen LogP contribution in [0.1, 0.15) is 34.8 Å². The molecule has 20 heavy (non-hydrogen) atoms. The van der Waals surface area contributed by atoms with E-state index in [-0.39, 0.29) is 11.5 Å². The third-order valence-electron chi connectivity index (χ3n) is 3.52. The number of carboxylic acid groups (broad SMARTS) is 1. The first-order valence-corrected chi connectivity index (χ1v) is 6.95. The van der Waals surface area contributed by atoms with E-state index in [1.54, 1.807) is 17.0 Å². The van der Waals surface area contributed by atoms with E-state index in [0.717, 1.165) is 30.5 Å². The number of nitrogens with zero attached hydrogens (tertiary/aromatic N) is 1. The molecule has 0 bridgehead atoms. The molecule has 108 valence electrons. The Labute approximate surface area is 118 Å². The molecule has 0 spiro atoms. The van der Waals surface area contributed by atoms with Crippen molar-refractivity contribution in [3.05, 3.63) is 34.9 Å². The summed E-state index contributed by atoms with van der Waals surface area (Å²) in [5.41, 5.74) is 2.36. The first kappa shape index (κ1) is 14.5. The molecular formula is C15H20N2O3.